The first kappa shape index (κ1) is 24.0. The molecule has 0 bridgehead atoms. The Labute approximate surface area is 222 Å². The molecule has 2 aliphatic carbocycles. The summed E-state index contributed by atoms with van der Waals surface area (Å²) >= 11 is 0. The number of hydrogen-bond acceptors (Lipinski definition) is 6. The molecule has 0 fully saturated rings. The van der Waals surface area contributed by atoms with Crippen LogP contribution in [-0.4, -0.2) is 38.7 Å². The maximum absolute atomic E-state index is 10.1. The number of benzene rings is 4. The topological polar surface area (TPSA) is 77.4 Å². The molecule has 2 aliphatic rings. The Morgan fingerprint density at radius 2 is 0.868 bits per heavy atom. The van der Waals surface area contributed by atoms with Crippen LogP contribution in [0.3, 0.4) is 0 Å². The summed E-state index contributed by atoms with van der Waals surface area (Å²) in [5, 5.41) is 20.1. The molecule has 6 heteroatoms. The van der Waals surface area contributed by atoms with Gasteiger partial charge >= 0.3 is 0 Å². The van der Waals surface area contributed by atoms with Gasteiger partial charge in [0.2, 0.25) is 0 Å². The van der Waals surface area contributed by atoms with Gasteiger partial charge in [0.15, 0.2) is 0 Å². The molecule has 0 aromatic heterocycles. The van der Waals surface area contributed by atoms with Crippen molar-refractivity contribution in [1.82, 2.24) is 0 Å². The molecule has 4 aromatic carbocycles. The average molecular weight is 511 g/mol. The highest BCUT2D eigenvalue weighted by molar-refractivity contribution is 5.68. The number of fused-ring (bicyclic) bond motifs is 5. The minimum atomic E-state index is -0.0471. The monoisotopic (exact) mass is 510 g/mol. The molecule has 0 saturated heterocycles. The third-order valence-electron chi connectivity index (χ3n) is 8.16. The molecule has 0 amide bonds. The van der Waals surface area contributed by atoms with E-state index in [-0.39, 0.29) is 35.2 Å². The summed E-state index contributed by atoms with van der Waals surface area (Å²) < 4.78 is 23.3. The molecule has 0 saturated carbocycles. The lowest BCUT2D eigenvalue weighted by Crippen LogP contribution is -2.10. The van der Waals surface area contributed by atoms with E-state index in [0.29, 0.717) is 0 Å². The third-order valence-corrected chi connectivity index (χ3v) is 8.16. The first-order valence-corrected chi connectivity index (χ1v) is 12.6. The van der Waals surface area contributed by atoms with Crippen molar-refractivity contribution in [3.8, 4) is 34.5 Å². The van der Waals surface area contributed by atoms with Crippen LogP contribution < -0.4 is 18.9 Å². The van der Waals surface area contributed by atoms with Crippen LogP contribution in [0.1, 0.15) is 57.1 Å². The maximum atomic E-state index is 10.1. The second-order valence-electron chi connectivity index (χ2n) is 9.86. The summed E-state index contributed by atoms with van der Waals surface area (Å²) in [6.07, 6.45) is 0. The molecule has 4 atom stereocenters. The van der Waals surface area contributed by atoms with Crippen molar-refractivity contribution in [2.75, 3.05) is 28.4 Å². The molecular weight excluding hydrogens is 480 g/mol. The first-order chi connectivity index (χ1) is 18.5. The van der Waals surface area contributed by atoms with Crippen LogP contribution in [-0.2, 0) is 0 Å². The smallest absolute Gasteiger partial charge is 0.126 e. The number of hydrogen-bond donors (Lipinski definition) is 2. The van der Waals surface area contributed by atoms with Gasteiger partial charge in [-0.05, 0) is 58.7 Å². The van der Waals surface area contributed by atoms with Gasteiger partial charge in [0.25, 0.3) is 0 Å². The molecule has 194 valence electrons. The van der Waals surface area contributed by atoms with Crippen molar-refractivity contribution >= 4 is 0 Å². The fourth-order valence-corrected chi connectivity index (χ4v) is 6.67. The predicted octanol–water partition coefficient (Wildman–Crippen LogP) is 6.29. The highest BCUT2D eigenvalue weighted by Gasteiger charge is 2.54. The lowest BCUT2D eigenvalue weighted by atomic mass is 9.79. The maximum Gasteiger partial charge on any atom is 0.126 e. The molecule has 0 heterocycles. The predicted molar refractivity (Wildman–Crippen MR) is 144 cm³/mol. The van der Waals surface area contributed by atoms with Crippen molar-refractivity contribution in [1.29, 1.82) is 0 Å². The van der Waals surface area contributed by atoms with E-state index < -0.39 is 0 Å². The fourth-order valence-electron chi connectivity index (χ4n) is 6.67. The van der Waals surface area contributed by atoms with E-state index in [4.69, 9.17) is 18.9 Å². The molecule has 6 nitrogen and oxygen atoms in total. The zero-order valence-corrected chi connectivity index (χ0v) is 21.8. The molecular formula is C32H30O6. The summed E-state index contributed by atoms with van der Waals surface area (Å²) in [5.41, 5.74) is 6.70. The third kappa shape index (κ3) is 3.55. The minimum Gasteiger partial charge on any atom is -0.508 e. The Morgan fingerprint density at radius 1 is 0.500 bits per heavy atom. The normalized spacial score (nSPS) is 20.8. The van der Waals surface area contributed by atoms with Crippen LogP contribution in [0.4, 0.5) is 0 Å². The largest absolute Gasteiger partial charge is 0.508 e. The summed E-state index contributed by atoms with van der Waals surface area (Å²) in [6, 6.07) is 23.0. The van der Waals surface area contributed by atoms with Crippen molar-refractivity contribution in [2.24, 2.45) is 0 Å². The van der Waals surface area contributed by atoms with E-state index >= 15 is 0 Å². The van der Waals surface area contributed by atoms with E-state index in [1.165, 1.54) is 0 Å². The Hall–Kier alpha value is -4.32. The Kier molecular flexibility index (Phi) is 5.83. The van der Waals surface area contributed by atoms with Gasteiger partial charge in [0, 0.05) is 46.9 Å². The standard InChI is InChI=1S/C32H30O6/c1-35-21-13-23-29(25(15-21)37-3)27(17-5-9-19(33)10-6-17)32-24-14-22(36-2)16-26(38-4)30(24)28(31(23)32)18-7-11-20(34)12-8-18/h5-16,27-28,31-34H,1-4H3/t27-,28-,31+,32+/m1/s1. The number of phenolic OH excluding ortho intramolecular Hbond substituents is 2. The number of aromatic hydroxyl groups is 2. The Bertz CT molecular complexity index is 1380. The second kappa shape index (κ2) is 9.21. The Balaban J connectivity index is 1.69. The molecule has 0 unspecified atom stereocenters. The summed E-state index contributed by atoms with van der Waals surface area (Å²) in [4.78, 5) is 0. The lowest BCUT2D eigenvalue weighted by molar-refractivity contribution is 0.388. The van der Waals surface area contributed by atoms with Crippen LogP contribution in [0.2, 0.25) is 0 Å². The zero-order valence-electron chi connectivity index (χ0n) is 21.8. The van der Waals surface area contributed by atoms with Crippen LogP contribution in [0.15, 0.2) is 72.8 Å². The molecule has 2 N–H and O–H groups in total. The van der Waals surface area contributed by atoms with Crippen LogP contribution in [0.25, 0.3) is 0 Å². The van der Waals surface area contributed by atoms with Gasteiger partial charge in [-0.15, -0.1) is 0 Å². The summed E-state index contributed by atoms with van der Waals surface area (Å²) in [5.74, 6) is 3.43. The van der Waals surface area contributed by atoms with Crippen LogP contribution in [0.5, 0.6) is 34.5 Å². The van der Waals surface area contributed by atoms with Gasteiger partial charge in [-0.1, -0.05) is 24.3 Å². The van der Waals surface area contributed by atoms with Gasteiger partial charge in [-0.2, -0.15) is 0 Å². The van der Waals surface area contributed by atoms with Gasteiger partial charge < -0.3 is 29.2 Å². The molecule has 38 heavy (non-hydrogen) atoms. The number of phenols is 2. The van der Waals surface area contributed by atoms with Crippen LogP contribution >= 0.6 is 0 Å². The summed E-state index contributed by atoms with van der Waals surface area (Å²) in [6.45, 7) is 0. The highest BCUT2D eigenvalue weighted by atomic mass is 16.5. The zero-order chi connectivity index (χ0) is 26.6. The number of ether oxygens (including phenoxy) is 4. The van der Waals surface area contributed by atoms with E-state index in [9.17, 15) is 10.2 Å². The SMILES string of the molecule is COc1cc(OC)c2c(c1)[C@H]1[C@H](c3ccc(O)cc3)c3c(OC)cc(OC)cc3[C@H]1[C@@H]2c1ccc(O)cc1. The van der Waals surface area contributed by atoms with Gasteiger partial charge in [-0.3, -0.25) is 0 Å². The summed E-state index contributed by atoms with van der Waals surface area (Å²) in [7, 11) is 6.71. The molecule has 6 rings (SSSR count). The van der Waals surface area contributed by atoms with Crippen molar-refractivity contribution in [2.45, 2.75) is 23.7 Å². The van der Waals surface area contributed by atoms with Gasteiger partial charge in [0.1, 0.15) is 34.5 Å². The highest BCUT2D eigenvalue weighted by Crippen LogP contribution is 2.69. The molecule has 0 radical (unpaired) electrons. The van der Waals surface area contributed by atoms with E-state index in [2.05, 4.69) is 12.1 Å². The van der Waals surface area contributed by atoms with E-state index in [0.717, 1.165) is 56.4 Å². The van der Waals surface area contributed by atoms with Crippen molar-refractivity contribution in [3.05, 3.63) is 106 Å². The minimum absolute atomic E-state index is 0.0355. The Morgan fingerprint density at radius 3 is 1.18 bits per heavy atom. The van der Waals surface area contributed by atoms with E-state index in [1.807, 2.05) is 36.4 Å². The van der Waals surface area contributed by atoms with Gasteiger partial charge in [-0.25, -0.2) is 0 Å². The first-order valence-electron chi connectivity index (χ1n) is 12.6. The quantitative estimate of drug-likeness (QED) is 0.317. The second-order valence-corrected chi connectivity index (χ2v) is 9.86. The number of methoxy groups -OCH3 is 4. The number of rotatable bonds is 6. The van der Waals surface area contributed by atoms with Crippen molar-refractivity contribution in [3.63, 3.8) is 0 Å². The average Bonchev–Trinajstić information content (AvgIpc) is 3.46. The molecule has 0 aliphatic heterocycles. The van der Waals surface area contributed by atoms with Crippen molar-refractivity contribution < 1.29 is 29.2 Å². The molecule has 0 spiro atoms. The molecule has 4 aromatic rings. The fraction of sp³-hybridized carbons (Fsp3) is 0.250. The van der Waals surface area contributed by atoms with E-state index in [1.54, 1.807) is 52.7 Å². The van der Waals surface area contributed by atoms with Gasteiger partial charge in [0.05, 0.1) is 28.4 Å². The van der Waals surface area contributed by atoms with Crippen LogP contribution in [0, 0.1) is 0 Å². The lowest BCUT2D eigenvalue weighted by Gasteiger charge is -2.23.